The first-order valence-corrected chi connectivity index (χ1v) is 6.13. The van der Waals surface area contributed by atoms with Crippen molar-refractivity contribution in [3.8, 4) is 0 Å². The molecule has 19 heavy (non-hydrogen) atoms. The lowest BCUT2D eigenvalue weighted by Gasteiger charge is -2.25. The van der Waals surface area contributed by atoms with Gasteiger partial charge >= 0.3 is 5.97 Å². The second-order valence-electron chi connectivity index (χ2n) is 4.12. The molecule has 0 radical (unpaired) electrons. The summed E-state index contributed by atoms with van der Waals surface area (Å²) in [5, 5.41) is 0. The van der Waals surface area contributed by atoms with Gasteiger partial charge in [0.05, 0.1) is 6.61 Å². The van der Waals surface area contributed by atoms with Crippen LogP contribution in [0.1, 0.15) is 13.8 Å². The number of nitrogens with zero attached hydrogens (tertiary/aromatic N) is 1. The van der Waals surface area contributed by atoms with Crippen LogP contribution in [0.15, 0.2) is 40.4 Å². The van der Waals surface area contributed by atoms with Gasteiger partial charge in [-0.05, 0) is 31.6 Å². The quantitative estimate of drug-likeness (QED) is 0.717. The Balaban J connectivity index is 2.10. The highest BCUT2D eigenvalue weighted by Gasteiger charge is 2.28. The highest BCUT2D eigenvalue weighted by atomic mass is 16.6. The fourth-order valence-electron chi connectivity index (χ4n) is 1.89. The van der Waals surface area contributed by atoms with Crippen molar-refractivity contribution in [3.05, 3.63) is 35.5 Å². The van der Waals surface area contributed by atoms with E-state index in [0.29, 0.717) is 12.2 Å². The van der Waals surface area contributed by atoms with Crippen molar-refractivity contribution < 1.29 is 19.1 Å². The maximum atomic E-state index is 11.6. The first kappa shape index (κ1) is 13.4. The van der Waals surface area contributed by atoms with E-state index in [1.54, 1.807) is 38.2 Å². The van der Waals surface area contributed by atoms with Gasteiger partial charge in [-0.25, -0.2) is 9.79 Å². The minimum Gasteiger partial charge on any atom is -0.464 e. The van der Waals surface area contributed by atoms with Crippen molar-refractivity contribution in [2.75, 3.05) is 6.61 Å². The maximum Gasteiger partial charge on any atom is 0.334 e. The Bertz CT molecular complexity index is 514. The van der Waals surface area contributed by atoms with E-state index >= 15 is 0 Å². The van der Waals surface area contributed by atoms with E-state index in [4.69, 9.17) is 9.47 Å². The lowest BCUT2D eigenvalue weighted by Crippen LogP contribution is -2.31. The summed E-state index contributed by atoms with van der Waals surface area (Å²) in [5.41, 5.74) is 1.23. The van der Waals surface area contributed by atoms with Crippen molar-refractivity contribution in [1.29, 1.82) is 0 Å². The molecule has 1 heterocycles. The third kappa shape index (κ3) is 2.88. The van der Waals surface area contributed by atoms with E-state index in [9.17, 15) is 9.59 Å². The number of ether oxygens (including phenoxy) is 2. The summed E-state index contributed by atoms with van der Waals surface area (Å²) in [5.74, 6) is -0.706. The van der Waals surface area contributed by atoms with Crippen LogP contribution in [-0.2, 0) is 19.1 Å². The third-order valence-corrected chi connectivity index (χ3v) is 2.81. The van der Waals surface area contributed by atoms with Gasteiger partial charge in [0, 0.05) is 11.8 Å². The molecule has 1 amide bonds. The fraction of sp³-hybridized carbons (Fsp3) is 0.357. The molecule has 1 aliphatic heterocycles. The minimum absolute atomic E-state index is 0.292. The summed E-state index contributed by atoms with van der Waals surface area (Å²) in [7, 11) is 0. The topological polar surface area (TPSA) is 65.0 Å². The molecular weight excluding hydrogens is 246 g/mol. The Labute approximate surface area is 111 Å². The largest absolute Gasteiger partial charge is 0.464 e. The van der Waals surface area contributed by atoms with Crippen LogP contribution < -0.4 is 0 Å². The summed E-state index contributed by atoms with van der Waals surface area (Å²) >= 11 is 0. The number of hydrogen-bond donors (Lipinski definition) is 0. The van der Waals surface area contributed by atoms with Crippen LogP contribution in [0.25, 0.3) is 0 Å². The van der Waals surface area contributed by atoms with Gasteiger partial charge < -0.3 is 9.47 Å². The van der Waals surface area contributed by atoms with Crippen LogP contribution in [-0.4, -0.2) is 36.9 Å². The SMILES string of the molecule is CCOC(=O)C(C)OC1C=CC=C2C(=O)N=CC=C21. The molecular formula is C14H15NO4. The zero-order valence-corrected chi connectivity index (χ0v) is 10.8. The molecule has 0 bridgehead atoms. The molecule has 2 rings (SSSR count). The number of aliphatic imine (C=N–C) groups is 1. The second kappa shape index (κ2) is 5.75. The van der Waals surface area contributed by atoms with Crippen molar-refractivity contribution in [2.45, 2.75) is 26.1 Å². The summed E-state index contributed by atoms with van der Waals surface area (Å²) in [6, 6.07) is 0. The lowest BCUT2D eigenvalue weighted by atomic mass is 9.93. The summed E-state index contributed by atoms with van der Waals surface area (Å²) < 4.78 is 10.5. The fourth-order valence-corrected chi connectivity index (χ4v) is 1.89. The standard InChI is InChI=1S/C14H15NO4/c1-3-18-14(17)9(2)19-12-6-4-5-11-10(12)7-8-15-13(11)16/h4-9,12H,3H2,1-2H3. The number of esters is 1. The summed E-state index contributed by atoms with van der Waals surface area (Å²) in [6.07, 6.45) is 7.25. The van der Waals surface area contributed by atoms with Crippen LogP contribution in [0, 0.1) is 0 Å². The molecule has 0 spiro atoms. The van der Waals surface area contributed by atoms with E-state index in [-0.39, 0.29) is 5.91 Å². The summed E-state index contributed by atoms with van der Waals surface area (Å²) in [4.78, 5) is 26.9. The van der Waals surface area contributed by atoms with Crippen LogP contribution >= 0.6 is 0 Å². The highest BCUT2D eigenvalue weighted by molar-refractivity contribution is 6.08. The monoisotopic (exact) mass is 261 g/mol. The zero-order chi connectivity index (χ0) is 13.8. The van der Waals surface area contributed by atoms with E-state index in [2.05, 4.69) is 4.99 Å². The van der Waals surface area contributed by atoms with Crippen molar-refractivity contribution >= 4 is 18.1 Å². The molecule has 2 aliphatic rings. The van der Waals surface area contributed by atoms with Gasteiger partial charge in [-0.1, -0.05) is 12.2 Å². The van der Waals surface area contributed by atoms with Gasteiger partial charge in [-0.2, -0.15) is 0 Å². The average Bonchev–Trinajstić information content (AvgIpc) is 2.40. The first-order chi connectivity index (χ1) is 9.13. The Morgan fingerprint density at radius 3 is 3.00 bits per heavy atom. The Morgan fingerprint density at radius 1 is 1.47 bits per heavy atom. The normalized spacial score (nSPS) is 22.4. The Kier molecular flexibility index (Phi) is 4.06. The van der Waals surface area contributed by atoms with Gasteiger partial charge in [0.25, 0.3) is 5.91 Å². The first-order valence-electron chi connectivity index (χ1n) is 6.13. The molecule has 5 heteroatoms. The predicted molar refractivity (Wildman–Crippen MR) is 69.8 cm³/mol. The molecule has 0 fully saturated rings. The number of dihydropyridines is 1. The Hall–Kier alpha value is -2.01. The minimum atomic E-state index is -0.691. The maximum absolute atomic E-state index is 11.6. The van der Waals surface area contributed by atoms with Gasteiger partial charge in [0.1, 0.15) is 6.10 Å². The smallest absolute Gasteiger partial charge is 0.334 e. The number of fused-ring (bicyclic) bond motifs is 1. The molecule has 0 N–H and O–H groups in total. The molecule has 2 unspecified atom stereocenters. The molecule has 0 saturated carbocycles. The van der Waals surface area contributed by atoms with Crippen molar-refractivity contribution in [2.24, 2.45) is 4.99 Å². The number of amides is 1. The number of carbonyl (C=O) groups excluding carboxylic acids is 2. The molecule has 0 saturated heterocycles. The Morgan fingerprint density at radius 2 is 2.26 bits per heavy atom. The molecule has 1 aliphatic carbocycles. The van der Waals surface area contributed by atoms with Crippen LogP contribution in [0.4, 0.5) is 0 Å². The van der Waals surface area contributed by atoms with E-state index in [1.165, 1.54) is 6.21 Å². The third-order valence-electron chi connectivity index (χ3n) is 2.81. The van der Waals surface area contributed by atoms with E-state index in [0.717, 1.165) is 5.57 Å². The lowest BCUT2D eigenvalue weighted by molar-refractivity contribution is -0.156. The van der Waals surface area contributed by atoms with Gasteiger partial charge in [-0.3, -0.25) is 4.79 Å². The second-order valence-corrected chi connectivity index (χ2v) is 4.12. The summed E-state index contributed by atoms with van der Waals surface area (Å²) in [6.45, 7) is 3.68. The average molecular weight is 261 g/mol. The number of hydrogen-bond acceptors (Lipinski definition) is 4. The highest BCUT2D eigenvalue weighted by Crippen LogP contribution is 2.26. The zero-order valence-electron chi connectivity index (χ0n) is 10.8. The van der Waals surface area contributed by atoms with Crippen molar-refractivity contribution in [1.82, 2.24) is 0 Å². The molecule has 0 aromatic rings. The predicted octanol–water partition coefficient (Wildman–Crippen LogP) is 1.36. The van der Waals surface area contributed by atoms with Crippen molar-refractivity contribution in [3.63, 3.8) is 0 Å². The molecule has 0 aromatic heterocycles. The molecule has 5 nitrogen and oxygen atoms in total. The molecule has 100 valence electrons. The number of carbonyl (C=O) groups is 2. The molecule has 0 aromatic carbocycles. The van der Waals surface area contributed by atoms with E-state index < -0.39 is 18.2 Å². The number of rotatable bonds is 4. The van der Waals surface area contributed by atoms with Gasteiger partial charge in [0.15, 0.2) is 6.10 Å². The van der Waals surface area contributed by atoms with Crippen LogP contribution in [0.2, 0.25) is 0 Å². The van der Waals surface area contributed by atoms with Gasteiger partial charge in [-0.15, -0.1) is 0 Å². The van der Waals surface area contributed by atoms with Gasteiger partial charge in [0.2, 0.25) is 0 Å². The van der Waals surface area contributed by atoms with Crippen LogP contribution in [0.5, 0.6) is 0 Å². The van der Waals surface area contributed by atoms with E-state index in [1.807, 2.05) is 0 Å². The number of allylic oxidation sites excluding steroid dienone is 3. The van der Waals surface area contributed by atoms with Crippen LogP contribution in [0.3, 0.4) is 0 Å². The molecule has 2 atom stereocenters.